The van der Waals surface area contributed by atoms with Crippen molar-refractivity contribution >= 4 is 17.4 Å². The van der Waals surface area contributed by atoms with Gasteiger partial charge < -0.3 is 25.8 Å². The van der Waals surface area contributed by atoms with Crippen LogP contribution in [-0.4, -0.2) is 26.0 Å². The van der Waals surface area contributed by atoms with Crippen LogP contribution in [0.4, 0.5) is 10.1 Å². The molecule has 32 heavy (non-hydrogen) atoms. The number of ether oxygens (including phenoxy) is 2. The third-order valence-electron chi connectivity index (χ3n) is 4.89. The fourth-order valence-corrected chi connectivity index (χ4v) is 3.18. The van der Waals surface area contributed by atoms with Gasteiger partial charge in [0.05, 0.1) is 14.2 Å². The van der Waals surface area contributed by atoms with Crippen molar-refractivity contribution in [3.05, 3.63) is 89.2 Å². The van der Waals surface area contributed by atoms with Gasteiger partial charge in [-0.3, -0.25) is 10.2 Å². The Morgan fingerprint density at radius 1 is 1.03 bits per heavy atom. The van der Waals surface area contributed by atoms with E-state index in [4.69, 9.17) is 20.6 Å². The van der Waals surface area contributed by atoms with Crippen LogP contribution in [0, 0.1) is 11.2 Å². The molecule has 0 aliphatic heterocycles. The van der Waals surface area contributed by atoms with Crippen LogP contribution in [0.2, 0.25) is 0 Å². The Bertz CT molecular complexity index is 1090. The van der Waals surface area contributed by atoms with Gasteiger partial charge in [-0.25, -0.2) is 4.39 Å². The molecule has 3 aromatic carbocycles. The molecule has 7 nitrogen and oxygen atoms in total. The molecule has 3 rings (SSSR count). The van der Waals surface area contributed by atoms with Crippen molar-refractivity contribution in [2.24, 2.45) is 5.73 Å². The van der Waals surface area contributed by atoms with Crippen LogP contribution >= 0.6 is 0 Å². The van der Waals surface area contributed by atoms with Gasteiger partial charge in [0.1, 0.15) is 17.7 Å². The monoisotopic (exact) mass is 436 g/mol. The maximum atomic E-state index is 15.0. The van der Waals surface area contributed by atoms with Gasteiger partial charge in [0.25, 0.3) is 0 Å². The minimum absolute atomic E-state index is 0.0698. The van der Waals surface area contributed by atoms with E-state index in [0.29, 0.717) is 17.0 Å². The summed E-state index contributed by atoms with van der Waals surface area (Å²) >= 11 is 0. The largest absolute Gasteiger partial charge is 0.493 e. The van der Waals surface area contributed by atoms with E-state index in [9.17, 15) is 9.18 Å². The van der Waals surface area contributed by atoms with Crippen LogP contribution in [0.15, 0.2) is 66.7 Å². The number of amidine groups is 1. The number of nitrogens with two attached hydrogens (primary N) is 1. The Balaban J connectivity index is 1.93. The molecule has 0 aliphatic carbocycles. The maximum absolute atomic E-state index is 15.0. The Morgan fingerprint density at radius 2 is 1.66 bits per heavy atom. The lowest BCUT2D eigenvalue weighted by molar-refractivity contribution is -0.122. The molecule has 0 unspecified atom stereocenters. The van der Waals surface area contributed by atoms with E-state index in [-0.39, 0.29) is 23.7 Å². The number of hydrogen-bond donors (Lipinski definition) is 4. The minimum atomic E-state index is -1.05. The van der Waals surface area contributed by atoms with Crippen LogP contribution in [0.3, 0.4) is 0 Å². The fourth-order valence-electron chi connectivity index (χ4n) is 3.18. The molecule has 0 heterocycles. The first-order valence-corrected chi connectivity index (χ1v) is 9.87. The highest BCUT2D eigenvalue weighted by molar-refractivity contribution is 5.95. The fraction of sp³-hybridized carbons (Fsp3) is 0.167. The van der Waals surface area contributed by atoms with Gasteiger partial charge in [0.2, 0.25) is 5.91 Å². The number of anilines is 1. The van der Waals surface area contributed by atoms with E-state index in [0.717, 1.165) is 5.56 Å². The number of amides is 1. The Labute approximate surface area is 185 Å². The molecule has 0 aromatic heterocycles. The molecule has 0 saturated heterocycles. The van der Waals surface area contributed by atoms with E-state index >= 15 is 0 Å². The molecule has 166 valence electrons. The molecule has 0 saturated carbocycles. The highest BCUT2D eigenvalue weighted by atomic mass is 19.1. The van der Waals surface area contributed by atoms with Crippen LogP contribution in [0.5, 0.6) is 11.5 Å². The molecule has 3 aromatic rings. The molecule has 1 atom stereocenters. The maximum Gasteiger partial charge on any atom is 0.247 e. The third-order valence-corrected chi connectivity index (χ3v) is 4.89. The summed E-state index contributed by atoms with van der Waals surface area (Å²) in [6.07, 6.45) is 0. The molecule has 0 radical (unpaired) electrons. The lowest BCUT2D eigenvalue weighted by Crippen LogP contribution is -2.33. The van der Waals surface area contributed by atoms with Crippen LogP contribution < -0.4 is 25.8 Å². The molecule has 1 amide bonds. The van der Waals surface area contributed by atoms with Crippen molar-refractivity contribution in [3.8, 4) is 11.5 Å². The standard InChI is InChI=1S/C24H25FN4O3/c1-31-20-12-18(19(25)13-21(20)32-2)22(24(30)28-14-15-6-4-3-5-7-15)29-17-10-8-16(9-11-17)23(26)27/h3-13,22,29H,14H2,1-2H3,(H3,26,27)(H,28,30)/t22-/m1/s1. The average Bonchev–Trinajstić information content (AvgIpc) is 2.82. The van der Waals surface area contributed by atoms with E-state index < -0.39 is 17.8 Å². The highest BCUT2D eigenvalue weighted by Gasteiger charge is 2.26. The SMILES string of the molecule is COc1cc(F)c([C@@H](Nc2ccc(C(=N)N)cc2)C(=O)NCc2ccccc2)cc1OC. The number of nitrogens with one attached hydrogen (secondary N) is 3. The number of nitrogen functional groups attached to an aromatic ring is 1. The second kappa shape index (κ2) is 10.3. The Kier molecular flexibility index (Phi) is 7.28. The number of carbonyl (C=O) groups is 1. The van der Waals surface area contributed by atoms with Crippen molar-refractivity contribution in [2.45, 2.75) is 12.6 Å². The predicted molar refractivity (Wildman–Crippen MR) is 122 cm³/mol. The molecular formula is C24H25FN4O3. The third kappa shape index (κ3) is 5.34. The summed E-state index contributed by atoms with van der Waals surface area (Å²) in [5.74, 6) is -0.577. The molecular weight excluding hydrogens is 411 g/mol. The number of methoxy groups -OCH3 is 2. The van der Waals surface area contributed by atoms with Crippen LogP contribution in [-0.2, 0) is 11.3 Å². The smallest absolute Gasteiger partial charge is 0.247 e. The second-order valence-corrected chi connectivity index (χ2v) is 7.00. The van der Waals surface area contributed by atoms with Crippen molar-refractivity contribution < 1.29 is 18.7 Å². The normalized spacial score (nSPS) is 11.3. The van der Waals surface area contributed by atoms with Gasteiger partial charge in [0.15, 0.2) is 11.5 Å². The topological polar surface area (TPSA) is 109 Å². The quantitative estimate of drug-likeness (QED) is 0.303. The molecule has 5 N–H and O–H groups in total. The summed E-state index contributed by atoms with van der Waals surface area (Å²) in [6.45, 7) is 0.288. The molecule has 0 fully saturated rings. The van der Waals surface area contributed by atoms with Gasteiger partial charge in [-0.15, -0.1) is 0 Å². The van der Waals surface area contributed by atoms with Gasteiger partial charge in [-0.2, -0.15) is 0 Å². The zero-order valence-corrected chi connectivity index (χ0v) is 17.8. The Morgan fingerprint density at radius 3 is 2.25 bits per heavy atom. The summed E-state index contributed by atoms with van der Waals surface area (Å²) in [5, 5.41) is 13.4. The zero-order valence-electron chi connectivity index (χ0n) is 17.8. The predicted octanol–water partition coefficient (Wildman–Crippen LogP) is 3.60. The van der Waals surface area contributed by atoms with E-state index in [1.807, 2.05) is 30.3 Å². The number of rotatable bonds is 9. The average molecular weight is 436 g/mol. The Hall–Kier alpha value is -4.07. The summed E-state index contributed by atoms with van der Waals surface area (Å²) in [4.78, 5) is 13.1. The van der Waals surface area contributed by atoms with Gasteiger partial charge >= 0.3 is 0 Å². The van der Waals surface area contributed by atoms with E-state index in [2.05, 4.69) is 10.6 Å². The van der Waals surface area contributed by atoms with E-state index in [1.165, 1.54) is 26.4 Å². The van der Waals surface area contributed by atoms with Crippen LogP contribution in [0.1, 0.15) is 22.7 Å². The minimum Gasteiger partial charge on any atom is -0.493 e. The first kappa shape index (κ1) is 22.6. The summed E-state index contributed by atoms with van der Waals surface area (Å²) in [6, 6.07) is 17.6. The number of halogens is 1. The lowest BCUT2D eigenvalue weighted by atomic mass is 10.0. The molecule has 0 spiro atoms. The molecule has 0 bridgehead atoms. The number of carbonyl (C=O) groups excluding carboxylic acids is 1. The zero-order chi connectivity index (χ0) is 23.1. The van der Waals surface area contributed by atoms with Gasteiger partial charge in [-0.05, 0) is 35.9 Å². The van der Waals surface area contributed by atoms with E-state index in [1.54, 1.807) is 24.3 Å². The first-order valence-electron chi connectivity index (χ1n) is 9.87. The van der Waals surface area contributed by atoms with Gasteiger partial charge in [-0.1, -0.05) is 30.3 Å². The molecule has 0 aliphatic rings. The number of hydrogen-bond acceptors (Lipinski definition) is 5. The highest BCUT2D eigenvalue weighted by Crippen LogP contribution is 2.34. The van der Waals surface area contributed by atoms with Gasteiger partial charge in [0, 0.05) is 29.4 Å². The first-order chi connectivity index (χ1) is 15.4. The summed E-state index contributed by atoms with van der Waals surface area (Å²) in [5.41, 5.74) is 7.62. The second-order valence-electron chi connectivity index (χ2n) is 7.00. The van der Waals surface area contributed by atoms with Crippen molar-refractivity contribution in [1.29, 1.82) is 5.41 Å². The van der Waals surface area contributed by atoms with Crippen molar-refractivity contribution in [2.75, 3.05) is 19.5 Å². The number of benzene rings is 3. The summed E-state index contributed by atoms with van der Waals surface area (Å²) < 4.78 is 25.4. The van der Waals surface area contributed by atoms with Crippen molar-refractivity contribution in [1.82, 2.24) is 5.32 Å². The van der Waals surface area contributed by atoms with Crippen LogP contribution in [0.25, 0.3) is 0 Å². The lowest BCUT2D eigenvalue weighted by Gasteiger charge is -2.22. The molecule has 8 heteroatoms. The van der Waals surface area contributed by atoms with Crippen molar-refractivity contribution in [3.63, 3.8) is 0 Å². The summed E-state index contributed by atoms with van der Waals surface area (Å²) in [7, 11) is 2.85.